The van der Waals surface area contributed by atoms with Crippen LogP contribution in [-0.2, 0) is 4.79 Å². The summed E-state index contributed by atoms with van der Waals surface area (Å²) in [5.74, 6) is 1.83. The molecule has 4 bridgehead atoms. The molecule has 4 saturated carbocycles. The third-order valence-corrected chi connectivity index (χ3v) is 5.73. The van der Waals surface area contributed by atoms with Crippen LogP contribution >= 0.6 is 0 Å². The average Bonchev–Trinajstić information content (AvgIpc) is 2.51. The Bertz CT molecular complexity index is 564. The third kappa shape index (κ3) is 2.28. The maximum Gasteiger partial charge on any atom is 0.271 e. The lowest BCUT2D eigenvalue weighted by molar-refractivity contribution is -0.147. The molecule has 4 aliphatic carbocycles. The largest absolute Gasteiger partial charge is 0.273 e. The Kier molecular flexibility index (Phi) is 3.17. The van der Waals surface area contributed by atoms with Gasteiger partial charge in [0.25, 0.3) is 5.91 Å². The number of hydrogen-bond acceptors (Lipinski definition) is 3. The van der Waals surface area contributed by atoms with Gasteiger partial charge >= 0.3 is 0 Å². The summed E-state index contributed by atoms with van der Waals surface area (Å²) >= 11 is 0. The summed E-state index contributed by atoms with van der Waals surface area (Å²) in [5, 5.41) is 0. The van der Waals surface area contributed by atoms with E-state index in [-0.39, 0.29) is 17.2 Å². The van der Waals surface area contributed by atoms with E-state index >= 15 is 0 Å². The van der Waals surface area contributed by atoms with Crippen LogP contribution in [0.15, 0.2) is 24.5 Å². The number of rotatable bonds is 2. The Labute approximate surface area is 129 Å². The molecular weight excluding hydrogens is 278 g/mol. The van der Waals surface area contributed by atoms with Gasteiger partial charge in [-0.15, -0.1) is 0 Å². The van der Waals surface area contributed by atoms with Gasteiger partial charge in [-0.2, -0.15) is 0 Å². The van der Waals surface area contributed by atoms with E-state index in [1.165, 1.54) is 25.5 Å². The average molecular weight is 299 g/mol. The third-order valence-electron chi connectivity index (χ3n) is 5.73. The second-order valence-corrected chi connectivity index (χ2v) is 7.35. The lowest BCUT2D eigenvalue weighted by atomic mass is 9.49. The van der Waals surface area contributed by atoms with Gasteiger partial charge in [0.15, 0.2) is 0 Å². The van der Waals surface area contributed by atoms with E-state index in [1.807, 2.05) is 0 Å². The first-order chi connectivity index (χ1) is 10.6. The minimum absolute atomic E-state index is 0.00356. The van der Waals surface area contributed by atoms with Crippen LogP contribution in [0.5, 0.6) is 0 Å². The molecule has 4 aliphatic rings. The summed E-state index contributed by atoms with van der Waals surface area (Å²) in [5.41, 5.74) is 5.43. The Hall–Kier alpha value is -1.91. The van der Waals surface area contributed by atoms with Crippen molar-refractivity contribution in [2.45, 2.75) is 38.5 Å². The zero-order valence-electron chi connectivity index (χ0n) is 12.5. The highest BCUT2D eigenvalue weighted by atomic mass is 16.2. The molecule has 1 heterocycles. The minimum atomic E-state index is -0.314. The van der Waals surface area contributed by atoms with Crippen molar-refractivity contribution >= 4 is 11.8 Å². The van der Waals surface area contributed by atoms with Gasteiger partial charge in [-0.05, 0) is 68.4 Å². The maximum absolute atomic E-state index is 12.7. The van der Waals surface area contributed by atoms with Gasteiger partial charge in [0, 0.05) is 12.4 Å². The fourth-order valence-electron chi connectivity index (χ4n) is 5.20. The van der Waals surface area contributed by atoms with Crippen LogP contribution in [0.1, 0.15) is 48.9 Å². The molecule has 2 amide bonds. The molecule has 0 atom stereocenters. The molecule has 2 N–H and O–H groups in total. The van der Waals surface area contributed by atoms with Crippen molar-refractivity contribution in [2.75, 3.05) is 0 Å². The number of aromatic nitrogens is 1. The molecule has 0 unspecified atom stereocenters. The van der Waals surface area contributed by atoms with E-state index in [2.05, 4.69) is 15.8 Å². The molecule has 0 aromatic carbocycles. The van der Waals surface area contributed by atoms with Gasteiger partial charge in [0.2, 0.25) is 5.91 Å². The van der Waals surface area contributed by atoms with Gasteiger partial charge in [-0.3, -0.25) is 25.4 Å². The number of nitrogens with zero attached hydrogens (tertiary/aromatic N) is 1. The van der Waals surface area contributed by atoms with E-state index in [0.29, 0.717) is 23.3 Å². The summed E-state index contributed by atoms with van der Waals surface area (Å²) < 4.78 is 0. The van der Waals surface area contributed by atoms with Crippen LogP contribution in [0.25, 0.3) is 0 Å². The minimum Gasteiger partial charge on any atom is -0.273 e. The van der Waals surface area contributed by atoms with Crippen LogP contribution in [-0.4, -0.2) is 16.8 Å². The standard InChI is InChI=1S/C17H21N3O2/c21-15(14-2-1-3-18-10-14)19-20-16(22)17-7-11-4-12(8-17)6-13(5-11)9-17/h1-3,10-13H,4-9H2,(H,19,21)(H,20,22). The lowest BCUT2D eigenvalue weighted by Gasteiger charge is -2.55. The predicted molar refractivity (Wildman–Crippen MR) is 80.5 cm³/mol. The molecule has 0 aliphatic heterocycles. The summed E-state index contributed by atoms with van der Waals surface area (Å²) in [4.78, 5) is 28.6. The van der Waals surface area contributed by atoms with E-state index in [0.717, 1.165) is 19.3 Å². The molecule has 1 aromatic rings. The number of hydrazine groups is 1. The molecule has 0 spiro atoms. The van der Waals surface area contributed by atoms with Crippen molar-refractivity contribution in [3.8, 4) is 0 Å². The number of pyridine rings is 1. The van der Waals surface area contributed by atoms with Crippen molar-refractivity contribution in [3.63, 3.8) is 0 Å². The molecule has 22 heavy (non-hydrogen) atoms. The highest BCUT2D eigenvalue weighted by Gasteiger charge is 2.54. The Morgan fingerprint density at radius 1 is 1.05 bits per heavy atom. The smallest absolute Gasteiger partial charge is 0.271 e. The van der Waals surface area contributed by atoms with Crippen LogP contribution < -0.4 is 10.9 Å². The molecular formula is C17H21N3O2. The number of hydrogen-bond donors (Lipinski definition) is 2. The second-order valence-electron chi connectivity index (χ2n) is 7.35. The fraction of sp³-hybridized carbons (Fsp3) is 0.588. The first-order valence-corrected chi connectivity index (χ1v) is 8.15. The lowest BCUT2D eigenvalue weighted by Crippen LogP contribution is -2.56. The summed E-state index contributed by atoms with van der Waals surface area (Å²) in [6, 6.07) is 3.38. The molecule has 1 aromatic heterocycles. The van der Waals surface area contributed by atoms with Gasteiger partial charge < -0.3 is 0 Å². The van der Waals surface area contributed by atoms with E-state index in [9.17, 15) is 9.59 Å². The number of carbonyl (C=O) groups is 2. The molecule has 0 saturated heterocycles. The summed E-state index contributed by atoms with van der Waals surface area (Å²) in [6.45, 7) is 0. The molecule has 116 valence electrons. The normalized spacial score (nSPS) is 35.2. The van der Waals surface area contributed by atoms with E-state index in [1.54, 1.807) is 18.3 Å². The van der Waals surface area contributed by atoms with Gasteiger partial charge in [0.1, 0.15) is 0 Å². The predicted octanol–water partition coefficient (Wildman–Crippen LogP) is 2.06. The molecule has 0 radical (unpaired) electrons. The zero-order chi connectivity index (χ0) is 15.2. The van der Waals surface area contributed by atoms with Crippen molar-refractivity contribution in [3.05, 3.63) is 30.1 Å². The van der Waals surface area contributed by atoms with Crippen LogP contribution in [0.3, 0.4) is 0 Å². The van der Waals surface area contributed by atoms with Crippen molar-refractivity contribution in [1.29, 1.82) is 0 Å². The molecule has 4 fully saturated rings. The summed E-state index contributed by atoms with van der Waals surface area (Å²) in [7, 11) is 0. The van der Waals surface area contributed by atoms with E-state index < -0.39 is 0 Å². The fourth-order valence-corrected chi connectivity index (χ4v) is 5.20. The molecule has 5 nitrogen and oxygen atoms in total. The van der Waals surface area contributed by atoms with E-state index in [4.69, 9.17) is 0 Å². The topological polar surface area (TPSA) is 71.1 Å². The monoisotopic (exact) mass is 299 g/mol. The molecule has 5 heteroatoms. The van der Waals surface area contributed by atoms with Crippen LogP contribution in [0.4, 0.5) is 0 Å². The SMILES string of the molecule is O=C(NNC(=O)C12CC3CC(CC(C3)C1)C2)c1cccnc1. The second kappa shape index (κ2) is 5.07. The van der Waals surface area contributed by atoms with Gasteiger partial charge in [-0.1, -0.05) is 0 Å². The quantitative estimate of drug-likeness (QED) is 0.821. The Morgan fingerprint density at radius 3 is 2.23 bits per heavy atom. The van der Waals surface area contributed by atoms with Crippen LogP contribution in [0.2, 0.25) is 0 Å². The van der Waals surface area contributed by atoms with Gasteiger partial charge in [-0.25, -0.2) is 0 Å². The summed E-state index contributed by atoms with van der Waals surface area (Å²) in [6.07, 6.45) is 9.99. The first-order valence-electron chi connectivity index (χ1n) is 8.15. The van der Waals surface area contributed by atoms with Crippen molar-refractivity contribution in [1.82, 2.24) is 15.8 Å². The number of amides is 2. The Morgan fingerprint density at radius 2 is 1.68 bits per heavy atom. The van der Waals surface area contributed by atoms with Crippen molar-refractivity contribution < 1.29 is 9.59 Å². The Balaban J connectivity index is 1.41. The number of nitrogens with one attached hydrogen (secondary N) is 2. The van der Waals surface area contributed by atoms with Crippen molar-refractivity contribution in [2.24, 2.45) is 23.2 Å². The highest BCUT2D eigenvalue weighted by Crippen LogP contribution is 2.59. The highest BCUT2D eigenvalue weighted by molar-refractivity contribution is 5.95. The first kappa shape index (κ1) is 13.7. The van der Waals surface area contributed by atoms with Crippen LogP contribution in [0, 0.1) is 23.2 Å². The van der Waals surface area contributed by atoms with Gasteiger partial charge in [0.05, 0.1) is 11.0 Å². The zero-order valence-corrected chi connectivity index (χ0v) is 12.5. The molecule has 5 rings (SSSR count). The maximum atomic E-state index is 12.7. The number of carbonyl (C=O) groups excluding carboxylic acids is 2.